The van der Waals surface area contributed by atoms with E-state index in [1.807, 2.05) is 48.5 Å². The van der Waals surface area contributed by atoms with Crippen molar-refractivity contribution in [2.45, 2.75) is 311 Å². The molecule has 0 saturated heterocycles. The van der Waals surface area contributed by atoms with E-state index in [2.05, 4.69) is 58.2 Å². The van der Waals surface area contributed by atoms with Gasteiger partial charge in [0.25, 0.3) is 0 Å². The maximum absolute atomic E-state index is 6.75. The number of benzene rings is 3. The molecule has 4 rings (SSSR count). The Balaban J connectivity index is 1.73. The Morgan fingerprint density at radius 1 is 0.291 bits per heavy atom. The lowest BCUT2D eigenvalue weighted by Crippen LogP contribution is -2.09. The smallest absolute Gasteiger partial charge is 0.232 e. The molecule has 0 aliphatic heterocycles. The van der Waals surface area contributed by atoms with Crippen LogP contribution >= 0.6 is 0 Å². The number of ether oxygens (including phenoxy) is 6. The minimum absolute atomic E-state index is 0.374. The van der Waals surface area contributed by atoms with Crippen LogP contribution in [0.4, 0.5) is 23.3 Å². The Bertz CT molecular complexity index is 2010. The van der Waals surface area contributed by atoms with E-state index in [1.54, 1.807) is 0 Å². The van der Waals surface area contributed by atoms with Crippen LogP contribution in [-0.2, 0) is 0 Å². The Morgan fingerprint density at radius 2 is 0.523 bits per heavy atom. The van der Waals surface area contributed by atoms with Crippen LogP contribution in [0.15, 0.2) is 48.5 Å². The normalized spacial score (nSPS) is 11.3. The number of nitrogens with one attached hydrogen (secondary N) is 2. The molecule has 1 heterocycles. The zero-order valence-corrected chi connectivity index (χ0v) is 55.9. The average Bonchev–Trinajstić information content (AvgIpc) is 3.71. The van der Waals surface area contributed by atoms with Gasteiger partial charge in [0.2, 0.25) is 23.4 Å². The van der Waals surface area contributed by atoms with Gasteiger partial charge in [-0.05, 0) is 44.6 Å². The van der Waals surface area contributed by atoms with Crippen molar-refractivity contribution in [2.24, 2.45) is 0 Å². The molecule has 1 aromatic heterocycles. The number of nitrogens with zero attached hydrogens (tertiary/aromatic N) is 3. The summed E-state index contributed by atoms with van der Waals surface area (Å²) in [7, 11) is 0. The number of aromatic nitrogens is 3. The van der Waals surface area contributed by atoms with E-state index in [1.165, 1.54) is 193 Å². The van der Waals surface area contributed by atoms with Gasteiger partial charge in [0.15, 0.2) is 28.8 Å². The fraction of sp³-hybridized carbons (Fsp3) is 0.720. The SMILES string of the molecule is CCCCCCCCCOc1cc(Nc2nc(Nc3cc(OCCCCCCCCC)c(OCCCCCCCCC)c(OCCCCCCCCC)c3)nc(-c3cc[c]cc3)n2)cc(OCCCCCCCCC)c1OCCCCCCCCC. The molecule has 3 aromatic carbocycles. The summed E-state index contributed by atoms with van der Waals surface area (Å²) < 4.78 is 40.4. The Hall–Kier alpha value is -4.93. The van der Waals surface area contributed by atoms with E-state index in [-0.39, 0.29) is 0 Å². The fourth-order valence-corrected chi connectivity index (χ4v) is 10.9. The first-order chi connectivity index (χ1) is 42.5. The third kappa shape index (κ3) is 34.0. The lowest BCUT2D eigenvalue weighted by Gasteiger charge is -2.20. The summed E-state index contributed by atoms with van der Waals surface area (Å²) in [5.41, 5.74) is 2.33. The van der Waals surface area contributed by atoms with Crippen molar-refractivity contribution < 1.29 is 28.4 Å². The molecular weight excluding hydrogens is 1070 g/mol. The molecule has 0 amide bonds. The molecule has 0 unspecified atom stereocenters. The predicted molar refractivity (Wildman–Crippen MR) is 364 cm³/mol. The van der Waals surface area contributed by atoms with E-state index in [9.17, 15) is 0 Å². The van der Waals surface area contributed by atoms with Gasteiger partial charge in [-0.3, -0.25) is 0 Å². The van der Waals surface area contributed by atoms with Gasteiger partial charge in [0.05, 0.1) is 39.6 Å². The standard InChI is InChI=1S/C75H124N5O6/c1-7-13-19-25-31-37-46-54-81-67-60-65(61-68(82-55-47-38-32-26-20-14-8-2)71(67)85-58-50-41-35-29-23-17-11-5)76-74-78-73(64-52-44-43-45-53-64)79-75(80-74)77-66-62-69(83-56-48-39-33-27-21-15-9-3)72(86-59-51-42-36-30-24-18-12-6)70(63-66)84-57-49-40-34-28-22-16-10-4/h44-45,52-53,60-63H,7-42,46-51,54-59H2,1-6H3,(H2,76,77,78,79,80). The molecule has 0 saturated carbocycles. The summed E-state index contributed by atoms with van der Waals surface area (Å²) in [6, 6.07) is 19.0. The Labute approximate surface area is 526 Å². The lowest BCUT2D eigenvalue weighted by atomic mass is 10.1. The van der Waals surface area contributed by atoms with Gasteiger partial charge in [-0.15, -0.1) is 0 Å². The summed E-state index contributed by atoms with van der Waals surface area (Å²) in [5.74, 6) is 5.31. The van der Waals surface area contributed by atoms with Crippen LogP contribution in [0.1, 0.15) is 311 Å². The maximum atomic E-state index is 6.75. The molecule has 2 N–H and O–H groups in total. The van der Waals surface area contributed by atoms with E-state index >= 15 is 0 Å². The zero-order valence-electron chi connectivity index (χ0n) is 55.9. The quantitative estimate of drug-likeness (QED) is 0.0412. The van der Waals surface area contributed by atoms with Crippen molar-refractivity contribution in [1.29, 1.82) is 0 Å². The summed E-state index contributed by atoms with van der Waals surface area (Å²) >= 11 is 0. The van der Waals surface area contributed by atoms with Crippen molar-refractivity contribution in [2.75, 3.05) is 50.3 Å². The molecule has 0 bridgehead atoms. The number of unbranched alkanes of at least 4 members (excludes halogenated alkanes) is 36. The highest BCUT2D eigenvalue weighted by atomic mass is 16.5. The van der Waals surface area contributed by atoms with Gasteiger partial charge < -0.3 is 39.1 Å². The monoisotopic (exact) mass is 1190 g/mol. The van der Waals surface area contributed by atoms with E-state index in [0.29, 0.717) is 91.9 Å². The van der Waals surface area contributed by atoms with Crippen molar-refractivity contribution in [1.82, 2.24) is 15.0 Å². The minimum Gasteiger partial charge on any atom is -0.489 e. The molecule has 1 radical (unpaired) electrons. The summed E-state index contributed by atoms with van der Waals surface area (Å²) in [6.07, 6.45) is 50.7. The molecule has 0 aliphatic carbocycles. The zero-order chi connectivity index (χ0) is 61.0. The van der Waals surface area contributed by atoms with Gasteiger partial charge in [-0.25, -0.2) is 0 Å². The fourth-order valence-electron chi connectivity index (χ4n) is 10.9. The maximum Gasteiger partial charge on any atom is 0.232 e. The van der Waals surface area contributed by atoms with Crippen LogP contribution in [0.3, 0.4) is 0 Å². The molecule has 86 heavy (non-hydrogen) atoms. The largest absolute Gasteiger partial charge is 0.489 e. The van der Waals surface area contributed by atoms with Gasteiger partial charge in [0, 0.05) is 41.2 Å². The van der Waals surface area contributed by atoms with Crippen LogP contribution in [0.2, 0.25) is 0 Å². The highest BCUT2D eigenvalue weighted by Crippen LogP contribution is 2.44. The molecule has 0 aliphatic rings. The molecule has 0 spiro atoms. The number of anilines is 4. The molecule has 11 nitrogen and oxygen atoms in total. The number of rotatable bonds is 59. The second-order valence-corrected chi connectivity index (χ2v) is 24.3. The van der Waals surface area contributed by atoms with E-state index in [0.717, 1.165) is 94.0 Å². The van der Waals surface area contributed by atoms with Crippen LogP contribution in [-0.4, -0.2) is 54.6 Å². The highest BCUT2D eigenvalue weighted by molar-refractivity contribution is 5.70. The third-order valence-corrected chi connectivity index (χ3v) is 16.2. The molecule has 485 valence electrons. The molecule has 4 aromatic rings. The van der Waals surface area contributed by atoms with Gasteiger partial charge in [-0.2, -0.15) is 15.0 Å². The van der Waals surface area contributed by atoms with Gasteiger partial charge in [0.1, 0.15) is 0 Å². The first kappa shape index (κ1) is 73.5. The number of hydrogen-bond acceptors (Lipinski definition) is 11. The Morgan fingerprint density at radius 3 is 0.779 bits per heavy atom. The van der Waals surface area contributed by atoms with Crippen LogP contribution in [0.5, 0.6) is 34.5 Å². The van der Waals surface area contributed by atoms with Crippen LogP contribution in [0, 0.1) is 6.07 Å². The van der Waals surface area contributed by atoms with Crippen molar-refractivity contribution in [3.05, 3.63) is 54.6 Å². The van der Waals surface area contributed by atoms with Crippen LogP contribution < -0.4 is 39.1 Å². The first-order valence-electron chi connectivity index (χ1n) is 35.9. The van der Waals surface area contributed by atoms with Crippen molar-refractivity contribution in [3.63, 3.8) is 0 Å². The number of hydrogen-bond donors (Lipinski definition) is 2. The first-order valence-corrected chi connectivity index (χ1v) is 35.9. The third-order valence-electron chi connectivity index (χ3n) is 16.2. The second-order valence-electron chi connectivity index (χ2n) is 24.3. The van der Waals surface area contributed by atoms with E-state index < -0.39 is 0 Å². The van der Waals surface area contributed by atoms with Gasteiger partial charge in [-0.1, -0.05) is 297 Å². The predicted octanol–water partition coefficient (Wildman–Crippen LogP) is 23.6. The molecule has 0 atom stereocenters. The van der Waals surface area contributed by atoms with Gasteiger partial charge >= 0.3 is 0 Å². The molecule has 11 heteroatoms. The highest BCUT2D eigenvalue weighted by Gasteiger charge is 2.21. The second kappa shape index (κ2) is 51.0. The topological polar surface area (TPSA) is 118 Å². The summed E-state index contributed by atoms with van der Waals surface area (Å²) in [4.78, 5) is 15.2. The molecule has 0 fully saturated rings. The summed E-state index contributed by atoms with van der Waals surface area (Å²) in [6.45, 7) is 17.2. The lowest BCUT2D eigenvalue weighted by molar-refractivity contribution is 0.234. The minimum atomic E-state index is 0.374. The van der Waals surface area contributed by atoms with Crippen LogP contribution in [0.25, 0.3) is 11.4 Å². The van der Waals surface area contributed by atoms with Crippen molar-refractivity contribution >= 4 is 23.3 Å². The average molecular weight is 1190 g/mol. The summed E-state index contributed by atoms with van der Waals surface area (Å²) in [5, 5.41) is 7.21. The van der Waals surface area contributed by atoms with E-state index in [4.69, 9.17) is 43.4 Å². The van der Waals surface area contributed by atoms with Crippen molar-refractivity contribution in [3.8, 4) is 45.9 Å². The Kier molecular flexibility index (Phi) is 43.6. The molecular formula is C75H124N5O6.